The lowest BCUT2D eigenvalue weighted by molar-refractivity contribution is -0.137. The highest BCUT2D eigenvalue weighted by atomic mass is 32.1. The highest BCUT2D eigenvalue weighted by Crippen LogP contribution is 2.30. The third-order valence-corrected chi connectivity index (χ3v) is 3.55. The minimum absolute atomic E-state index is 0.214. The van der Waals surface area contributed by atoms with Crippen LogP contribution in [-0.4, -0.2) is 18.4 Å². The van der Waals surface area contributed by atoms with Crippen molar-refractivity contribution in [2.24, 2.45) is 0 Å². The van der Waals surface area contributed by atoms with Gasteiger partial charge < -0.3 is 4.74 Å². The summed E-state index contributed by atoms with van der Waals surface area (Å²) in [6.45, 7) is 3.74. The molecule has 0 atom stereocenters. The molecule has 17 heavy (non-hydrogen) atoms. The molecule has 0 amide bonds. The zero-order valence-corrected chi connectivity index (χ0v) is 10.5. The summed E-state index contributed by atoms with van der Waals surface area (Å²) in [4.78, 5) is 24.3. The van der Waals surface area contributed by atoms with Crippen LogP contribution < -0.4 is 0 Å². The third kappa shape index (κ3) is 2.08. The summed E-state index contributed by atoms with van der Waals surface area (Å²) < 4.78 is 5.76. The van der Waals surface area contributed by atoms with Gasteiger partial charge in [0.15, 0.2) is 0 Å². The van der Waals surface area contributed by atoms with Gasteiger partial charge in [0.05, 0.1) is 12.2 Å². The molecule has 0 unspecified atom stereocenters. The van der Waals surface area contributed by atoms with Crippen LogP contribution in [0.1, 0.15) is 22.2 Å². The zero-order valence-electron chi connectivity index (χ0n) is 9.65. The molecule has 1 aromatic heterocycles. The average molecular weight is 248 g/mol. The van der Waals surface area contributed by atoms with Crippen LogP contribution in [0.25, 0.3) is 10.1 Å². The van der Waals surface area contributed by atoms with Crippen molar-refractivity contribution in [3.63, 3.8) is 0 Å². The molecule has 88 valence electrons. The van der Waals surface area contributed by atoms with Gasteiger partial charge in [-0.2, -0.15) is 0 Å². The van der Waals surface area contributed by atoms with E-state index < -0.39 is 11.8 Å². The van der Waals surface area contributed by atoms with E-state index in [0.717, 1.165) is 15.0 Å². The lowest BCUT2D eigenvalue weighted by atomic mass is 10.1. The number of esters is 1. The molecule has 0 saturated carbocycles. The fraction of sp³-hybridized carbons (Fsp3) is 0.231. The predicted molar refractivity (Wildman–Crippen MR) is 67.5 cm³/mol. The Morgan fingerprint density at radius 1 is 1.29 bits per heavy atom. The highest BCUT2D eigenvalue weighted by Gasteiger charge is 2.23. The lowest BCUT2D eigenvalue weighted by Crippen LogP contribution is -2.17. The van der Waals surface area contributed by atoms with E-state index in [-0.39, 0.29) is 6.61 Å². The molecule has 4 heteroatoms. The molecular formula is C13H12O3S. The van der Waals surface area contributed by atoms with Gasteiger partial charge in [0, 0.05) is 15.0 Å². The van der Waals surface area contributed by atoms with Crippen molar-refractivity contribution in [3.05, 3.63) is 34.7 Å². The largest absolute Gasteiger partial charge is 0.460 e. The van der Waals surface area contributed by atoms with Gasteiger partial charge in [-0.25, -0.2) is 4.79 Å². The second-order valence-electron chi connectivity index (χ2n) is 3.58. The highest BCUT2D eigenvalue weighted by molar-refractivity contribution is 7.19. The van der Waals surface area contributed by atoms with E-state index in [1.807, 2.05) is 31.2 Å². The predicted octanol–water partition coefficient (Wildman–Crippen LogP) is 2.96. The second-order valence-corrected chi connectivity index (χ2v) is 4.84. The Hall–Kier alpha value is -1.68. The van der Waals surface area contributed by atoms with Gasteiger partial charge in [0.2, 0.25) is 0 Å². The summed E-state index contributed by atoms with van der Waals surface area (Å²) in [6.07, 6.45) is 0. The molecule has 0 saturated heterocycles. The van der Waals surface area contributed by atoms with Crippen molar-refractivity contribution < 1.29 is 14.3 Å². The number of aryl methyl sites for hydroxylation is 1. The maximum Gasteiger partial charge on any atom is 0.379 e. The molecule has 0 N–H and O–H groups in total. The Bertz CT molecular complexity index is 583. The number of benzene rings is 1. The summed E-state index contributed by atoms with van der Waals surface area (Å²) in [5, 5.41) is 0.827. The first-order valence-corrected chi connectivity index (χ1v) is 6.16. The van der Waals surface area contributed by atoms with Gasteiger partial charge in [-0.3, -0.25) is 4.79 Å². The molecule has 1 aromatic carbocycles. The van der Waals surface area contributed by atoms with Crippen LogP contribution >= 0.6 is 11.3 Å². The van der Waals surface area contributed by atoms with Crippen molar-refractivity contribution in [1.82, 2.24) is 0 Å². The normalized spacial score (nSPS) is 10.5. The summed E-state index contributed by atoms with van der Waals surface area (Å²) in [5.74, 6) is -1.33. The van der Waals surface area contributed by atoms with Gasteiger partial charge in [-0.15, -0.1) is 11.3 Å². The van der Waals surface area contributed by atoms with E-state index in [1.165, 1.54) is 11.3 Å². The average Bonchev–Trinajstić information content (AvgIpc) is 2.64. The molecule has 0 aliphatic heterocycles. The zero-order chi connectivity index (χ0) is 12.4. The maximum atomic E-state index is 12.0. The summed E-state index contributed by atoms with van der Waals surface area (Å²) >= 11 is 1.51. The van der Waals surface area contributed by atoms with Crippen LogP contribution in [0, 0.1) is 6.92 Å². The van der Waals surface area contributed by atoms with Gasteiger partial charge in [0.25, 0.3) is 5.78 Å². The Morgan fingerprint density at radius 2 is 2.00 bits per heavy atom. The summed E-state index contributed by atoms with van der Waals surface area (Å²) in [6, 6.07) is 7.56. The van der Waals surface area contributed by atoms with Crippen LogP contribution in [0.2, 0.25) is 0 Å². The Labute approximate surface area is 103 Å². The summed E-state index contributed by atoms with van der Waals surface area (Å²) in [7, 11) is 0. The molecule has 0 radical (unpaired) electrons. The number of ketones is 1. The smallest absolute Gasteiger partial charge is 0.379 e. The number of thiophene rings is 1. The number of fused-ring (bicyclic) bond motifs is 1. The fourth-order valence-corrected chi connectivity index (χ4v) is 2.81. The van der Waals surface area contributed by atoms with Crippen molar-refractivity contribution in [1.29, 1.82) is 0 Å². The van der Waals surface area contributed by atoms with Crippen LogP contribution in [-0.2, 0) is 9.53 Å². The number of Topliss-reactive ketones (excluding diaryl/α,β-unsaturated/α-hetero) is 1. The van der Waals surface area contributed by atoms with Crippen molar-refractivity contribution in [2.45, 2.75) is 13.8 Å². The molecule has 0 fully saturated rings. The van der Waals surface area contributed by atoms with Gasteiger partial charge in [0.1, 0.15) is 0 Å². The quantitative estimate of drug-likeness (QED) is 0.476. The van der Waals surface area contributed by atoms with E-state index in [2.05, 4.69) is 0 Å². The number of carbonyl (C=O) groups excluding carboxylic acids is 2. The van der Waals surface area contributed by atoms with Crippen LogP contribution in [0.4, 0.5) is 0 Å². The van der Waals surface area contributed by atoms with Gasteiger partial charge in [-0.1, -0.05) is 18.2 Å². The lowest BCUT2D eigenvalue weighted by Gasteiger charge is -2.01. The topological polar surface area (TPSA) is 43.4 Å². The molecule has 0 bridgehead atoms. The van der Waals surface area contributed by atoms with E-state index in [4.69, 9.17) is 4.74 Å². The van der Waals surface area contributed by atoms with Gasteiger partial charge >= 0.3 is 5.97 Å². The molecule has 2 aromatic rings. The Balaban J connectivity index is 2.51. The van der Waals surface area contributed by atoms with E-state index in [9.17, 15) is 9.59 Å². The standard InChI is InChI=1S/C13H12O3S/c1-3-16-13(15)12(14)11-8(2)17-10-7-5-4-6-9(10)11/h4-7H,3H2,1-2H3. The number of ether oxygens (including phenoxy) is 1. The molecular weight excluding hydrogens is 236 g/mol. The first-order chi connectivity index (χ1) is 8.15. The maximum absolute atomic E-state index is 12.0. The first kappa shape index (κ1) is 11.8. The number of rotatable bonds is 3. The van der Waals surface area contributed by atoms with Gasteiger partial charge in [-0.05, 0) is 19.9 Å². The second kappa shape index (κ2) is 4.67. The van der Waals surface area contributed by atoms with E-state index in [0.29, 0.717) is 5.56 Å². The Kier molecular flexibility index (Phi) is 3.24. The van der Waals surface area contributed by atoms with Crippen LogP contribution in [0.5, 0.6) is 0 Å². The monoisotopic (exact) mass is 248 g/mol. The number of carbonyl (C=O) groups is 2. The molecule has 0 aliphatic carbocycles. The Morgan fingerprint density at radius 3 is 2.71 bits per heavy atom. The number of hydrogen-bond donors (Lipinski definition) is 0. The van der Waals surface area contributed by atoms with Crippen molar-refractivity contribution in [3.8, 4) is 0 Å². The minimum atomic E-state index is -0.779. The first-order valence-electron chi connectivity index (χ1n) is 5.34. The third-order valence-electron chi connectivity index (χ3n) is 2.46. The molecule has 0 aliphatic rings. The van der Waals surface area contributed by atoms with Crippen LogP contribution in [0.3, 0.4) is 0 Å². The fourth-order valence-electron chi connectivity index (χ4n) is 1.75. The molecule has 2 rings (SSSR count). The molecule has 1 heterocycles. The summed E-state index contributed by atoms with van der Waals surface area (Å²) in [5.41, 5.74) is 0.476. The van der Waals surface area contributed by atoms with Crippen LogP contribution in [0.15, 0.2) is 24.3 Å². The molecule has 3 nitrogen and oxygen atoms in total. The molecule has 0 spiro atoms. The van der Waals surface area contributed by atoms with Crippen molar-refractivity contribution in [2.75, 3.05) is 6.61 Å². The van der Waals surface area contributed by atoms with E-state index >= 15 is 0 Å². The minimum Gasteiger partial charge on any atom is -0.460 e. The van der Waals surface area contributed by atoms with Crippen molar-refractivity contribution >= 4 is 33.2 Å². The SMILES string of the molecule is CCOC(=O)C(=O)c1c(C)sc2ccccc12. The number of hydrogen-bond acceptors (Lipinski definition) is 4. The van der Waals surface area contributed by atoms with E-state index in [1.54, 1.807) is 6.92 Å².